The van der Waals surface area contributed by atoms with Gasteiger partial charge in [0.2, 0.25) is 5.91 Å². The Morgan fingerprint density at radius 3 is 2.56 bits per heavy atom. The zero-order chi connectivity index (χ0) is 18.4. The van der Waals surface area contributed by atoms with Crippen molar-refractivity contribution in [2.24, 2.45) is 0 Å². The van der Waals surface area contributed by atoms with Crippen molar-refractivity contribution in [3.63, 3.8) is 0 Å². The van der Waals surface area contributed by atoms with Crippen LogP contribution in [-0.4, -0.2) is 30.8 Å². The molecule has 2 aromatic carbocycles. The first kappa shape index (κ1) is 18.7. The van der Waals surface area contributed by atoms with Gasteiger partial charge in [-0.05, 0) is 31.3 Å². The normalized spacial score (nSPS) is 11.4. The van der Waals surface area contributed by atoms with Crippen LogP contribution in [0.2, 0.25) is 0 Å². The van der Waals surface area contributed by atoms with Gasteiger partial charge in [0.1, 0.15) is 11.6 Å². The van der Waals surface area contributed by atoms with E-state index in [1.165, 1.54) is 47.4 Å². The minimum Gasteiger partial charge on any atom is -0.405 e. The van der Waals surface area contributed by atoms with Gasteiger partial charge in [0, 0.05) is 17.8 Å². The monoisotopic (exact) mass is 356 g/mol. The largest absolute Gasteiger partial charge is 0.573 e. The molecule has 4 nitrogen and oxygen atoms in total. The van der Waals surface area contributed by atoms with Crippen molar-refractivity contribution in [1.82, 2.24) is 4.90 Å². The summed E-state index contributed by atoms with van der Waals surface area (Å²) in [6, 6.07) is 11.1. The summed E-state index contributed by atoms with van der Waals surface area (Å²) in [5, 5.41) is 2.52. The average Bonchev–Trinajstić information content (AvgIpc) is 2.47. The Labute approximate surface area is 142 Å². The average molecular weight is 356 g/mol. The van der Waals surface area contributed by atoms with Gasteiger partial charge in [0.05, 0.1) is 6.54 Å². The van der Waals surface area contributed by atoms with Crippen LogP contribution in [0.5, 0.6) is 5.75 Å². The number of benzene rings is 2. The summed E-state index contributed by atoms with van der Waals surface area (Å²) in [6.45, 7) is -0.0142. The van der Waals surface area contributed by atoms with Gasteiger partial charge in [-0.3, -0.25) is 9.69 Å². The number of carbonyl (C=O) groups excluding carboxylic acids is 1. The lowest BCUT2D eigenvalue weighted by atomic mass is 10.2. The van der Waals surface area contributed by atoms with Crippen LogP contribution in [0.25, 0.3) is 0 Å². The van der Waals surface area contributed by atoms with Crippen LogP contribution in [-0.2, 0) is 11.3 Å². The Kier molecular flexibility index (Phi) is 5.97. The Morgan fingerprint density at radius 2 is 1.88 bits per heavy atom. The molecule has 2 rings (SSSR count). The van der Waals surface area contributed by atoms with Gasteiger partial charge in [0.25, 0.3) is 0 Å². The molecule has 0 aliphatic rings. The van der Waals surface area contributed by atoms with Crippen LogP contribution in [0.15, 0.2) is 48.5 Å². The third-order valence-electron chi connectivity index (χ3n) is 3.16. The molecule has 0 spiro atoms. The molecule has 134 valence electrons. The highest BCUT2D eigenvalue weighted by Gasteiger charge is 2.32. The molecule has 0 radical (unpaired) electrons. The summed E-state index contributed by atoms with van der Waals surface area (Å²) in [5.41, 5.74) is 0.597. The van der Waals surface area contributed by atoms with Crippen molar-refractivity contribution in [2.75, 3.05) is 18.9 Å². The molecule has 1 amide bonds. The number of amides is 1. The Morgan fingerprint density at radius 1 is 1.16 bits per heavy atom. The lowest BCUT2D eigenvalue weighted by molar-refractivity contribution is -0.275. The second kappa shape index (κ2) is 7.98. The van der Waals surface area contributed by atoms with Crippen molar-refractivity contribution in [3.05, 3.63) is 59.9 Å². The van der Waals surface area contributed by atoms with E-state index in [1.54, 1.807) is 13.1 Å². The van der Waals surface area contributed by atoms with Gasteiger partial charge in [-0.25, -0.2) is 4.39 Å². The maximum absolute atomic E-state index is 13.1. The van der Waals surface area contributed by atoms with E-state index in [1.807, 2.05) is 0 Å². The summed E-state index contributed by atoms with van der Waals surface area (Å²) in [7, 11) is 1.58. The highest BCUT2D eigenvalue weighted by molar-refractivity contribution is 5.92. The molecule has 2 aromatic rings. The first-order valence-electron chi connectivity index (χ1n) is 7.30. The molecule has 0 saturated heterocycles. The molecule has 0 heterocycles. The second-order valence-electron chi connectivity index (χ2n) is 5.39. The van der Waals surface area contributed by atoms with E-state index < -0.39 is 18.1 Å². The molecule has 0 fully saturated rings. The standard InChI is InChI=1S/C17H16F4N2O2/c1-23(11-16(24)22-14-7-4-6-13(18)9-14)10-12-5-2-3-8-15(12)25-17(19,20)21/h2-9H,10-11H2,1H3,(H,22,24). The minimum atomic E-state index is -4.79. The highest BCUT2D eigenvalue weighted by atomic mass is 19.4. The summed E-state index contributed by atoms with van der Waals surface area (Å²) in [4.78, 5) is 13.5. The van der Waals surface area contributed by atoms with Crippen molar-refractivity contribution in [1.29, 1.82) is 0 Å². The van der Waals surface area contributed by atoms with Crippen molar-refractivity contribution in [2.45, 2.75) is 12.9 Å². The lowest BCUT2D eigenvalue weighted by Gasteiger charge is -2.19. The molecular weight excluding hydrogens is 340 g/mol. The zero-order valence-electron chi connectivity index (χ0n) is 13.3. The first-order chi connectivity index (χ1) is 11.7. The quantitative estimate of drug-likeness (QED) is 0.801. The maximum Gasteiger partial charge on any atom is 0.573 e. The Bertz CT molecular complexity index is 735. The SMILES string of the molecule is CN(CC(=O)Nc1cccc(F)c1)Cc1ccccc1OC(F)(F)F. The molecular formula is C17H16F4N2O2. The van der Waals surface area contributed by atoms with Crippen LogP contribution in [0, 0.1) is 5.82 Å². The number of nitrogens with zero attached hydrogens (tertiary/aromatic N) is 1. The Hall–Kier alpha value is -2.61. The van der Waals surface area contributed by atoms with E-state index in [-0.39, 0.29) is 18.8 Å². The zero-order valence-corrected chi connectivity index (χ0v) is 13.3. The van der Waals surface area contributed by atoms with E-state index in [2.05, 4.69) is 10.1 Å². The molecule has 0 aliphatic heterocycles. The number of hydrogen-bond donors (Lipinski definition) is 1. The van der Waals surface area contributed by atoms with Crippen LogP contribution in [0.1, 0.15) is 5.56 Å². The van der Waals surface area contributed by atoms with E-state index >= 15 is 0 Å². The number of ether oxygens (including phenoxy) is 1. The van der Waals surface area contributed by atoms with Crippen LogP contribution in [0.3, 0.4) is 0 Å². The third-order valence-corrected chi connectivity index (χ3v) is 3.16. The number of likely N-dealkylation sites (N-methyl/N-ethyl adjacent to an activating group) is 1. The maximum atomic E-state index is 13.1. The van der Waals surface area contributed by atoms with Crippen molar-refractivity contribution < 1.29 is 27.1 Å². The summed E-state index contributed by atoms with van der Waals surface area (Å²) in [5.74, 6) is -1.21. The molecule has 0 unspecified atom stereocenters. The van der Waals surface area contributed by atoms with Crippen molar-refractivity contribution >= 4 is 11.6 Å². The highest BCUT2D eigenvalue weighted by Crippen LogP contribution is 2.26. The van der Waals surface area contributed by atoms with E-state index in [9.17, 15) is 22.4 Å². The predicted molar refractivity (Wildman–Crippen MR) is 84.5 cm³/mol. The fraction of sp³-hybridized carbons (Fsp3) is 0.235. The predicted octanol–water partition coefficient (Wildman–Crippen LogP) is 3.79. The number of rotatable bonds is 6. The van der Waals surface area contributed by atoms with Gasteiger partial charge in [-0.1, -0.05) is 24.3 Å². The molecule has 0 saturated carbocycles. The number of carbonyl (C=O) groups is 1. The van der Waals surface area contributed by atoms with Gasteiger partial charge in [-0.15, -0.1) is 13.2 Å². The molecule has 0 atom stereocenters. The summed E-state index contributed by atoms with van der Waals surface area (Å²) in [6.07, 6.45) is -4.79. The van der Waals surface area contributed by atoms with Crippen molar-refractivity contribution in [3.8, 4) is 5.75 Å². The third kappa shape index (κ3) is 6.42. The van der Waals surface area contributed by atoms with Crippen LogP contribution >= 0.6 is 0 Å². The molecule has 8 heteroatoms. The molecule has 0 aromatic heterocycles. The van der Waals surface area contributed by atoms with Crippen LogP contribution in [0.4, 0.5) is 23.2 Å². The van der Waals surface area contributed by atoms with E-state index in [0.717, 1.165) is 0 Å². The number of para-hydroxylation sites is 1. The topological polar surface area (TPSA) is 41.6 Å². The molecule has 25 heavy (non-hydrogen) atoms. The smallest absolute Gasteiger partial charge is 0.405 e. The summed E-state index contributed by atoms with van der Waals surface area (Å²) < 4.78 is 54.3. The van der Waals surface area contributed by atoms with Gasteiger partial charge in [-0.2, -0.15) is 0 Å². The fourth-order valence-corrected chi connectivity index (χ4v) is 2.22. The Balaban J connectivity index is 1.96. The van der Waals surface area contributed by atoms with Crippen LogP contribution < -0.4 is 10.1 Å². The van der Waals surface area contributed by atoms with E-state index in [4.69, 9.17) is 0 Å². The van der Waals surface area contributed by atoms with Gasteiger partial charge < -0.3 is 10.1 Å². The minimum absolute atomic E-state index is 0.0722. The second-order valence-corrected chi connectivity index (χ2v) is 5.39. The molecule has 0 aliphatic carbocycles. The lowest BCUT2D eigenvalue weighted by Crippen LogP contribution is -2.30. The first-order valence-corrected chi connectivity index (χ1v) is 7.30. The number of hydrogen-bond acceptors (Lipinski definition) is 3. The molecule has 1 N–H and O–H groups in total. The number of halogens is 4. The fourth-order valence-electron chi connectivity index (χ4n) is 2.22. The van der Waals surface area contributed by atoms with Gasteiger partial charge >= 0.3 is 6.36 Å². The summed E-state index contributed by atoms with van der Waals surface area (Å²) >= 11 is 0. The number of anilines is 1. The van der Waals surface area contributed by atoms with Gasteiger partial charge in [0.15, 0.2) is 0 Å². The number of nitrogens with one attached hydrogen (secondary N) is 1. The molecule has 0 bridgehead atoms. The van der Waals surface area contributed by atoms with E-state index in [0.29, 0.717) is 11.3 Å². The number of alkyl halides is 3.